The second kappa shape index (κ2) is 7.00. The lowest BCUT2D eigenvalue weighted by Crippen LogP contribution is -2.26. The van der Waals surface area contributed by atoms with Gasteiger partial charge in [-0.3, -0.25) is 9.79 Å². The number of thiophene rings is 1. The Bertz CT molecular complexity index is 806. The molecule has 3 nitrogen and oxygen atoms in total. The number of Topliss-reactive ketones (excluding diaryl/α,β-unsaturated/α-hetero) is 1. The van der Waals surface area contributed by atoms with Gasteiger partial charge in [0.15, 0.2) is 0 Å². The van der Waals surface area contributed by atoms with E-state index in [4.69, 9.17) is 0 Å². The Balaban J connectivity index is 2.49. The van der Waals surface area contributed by atoms with Crippen molar-refractivity contribution >= 4 is 34.8 Å². The van der Waals surface area contributed by atoms with Crippen molar-refractivity contribution in [3.63, 3.8) is 0 Å². The normalized spacial score (nSPS) is 13.2. The van der Waals surface area contributed by atoms with Crippen molar-refractivity contribution in [1.29, 1.82) is 0 Å². The number of ketones is 1. The average Bonchev–Trinajstić information content (AvgIpc) is 3.02. The fourth-order valence-corrected chi connectivity index (χ4v) is 2.69. The van der Waals surface area contributed by atoms with Gasteiger partial charge in [0.25, 0.3) is 5.78 Å². The minimum atomic E-state index is -5.10. The van der Waals surface area contributed by atoms with Gasteiger partial charge in [-0.25, -0.2) is 0 Å². The molecule has 24 heavy (non-hydrogen) atoms. The van der Waals surface area contributed by atoms with E-state index in [1.54, 1.807) is 30.5 Å². The number of aliphatic hydroxyl groups is 1. The molecular formula is C17H14F3NO2S. The molecule has 0 fully saturated rings. The number of carbonyl (C=O) groups excluding carboxylic acids is 1. The van der Waals surface area contributed by atoms with Crippen LogP contribution in [0.3, 0.4) is 0 Å². The Morgan fingerprint density at radius 1 is 1.25 bits per heavy atom. The molecule has 0 bridgehead atoms. The van der Waals surface area contributed by atoms with Crippen molar-refractivity contribution in [3.8, 4) is 0 Å². The third kappa shape index (κ3) is 4.11. The largest absolute Gasteiger partial charge is 0.506 e. The third-order valence-corrected chi connectivity index (χ3v) is 4.07. The number of benzene rings is 1. The Morgan fingerprint density at radius 3 is 2.50 bits per heavy atom. The van der Waals surface area contributed by atoms with E-state index in [0.29, 0.717) is 5.69 Å². The van der Waals surface area contributed by atoms with Gasteiger partial charge in [0.1, 0.15) is 5.76 Å². The first-order chi connectivity index (χ1) is 11.2. The molecule has 1 aromatic carbocycles. The molecule has 2 aromatic rings. The van der Waals surface area contributed by atoms with Crippen LogP contribution in [0.1, 0.15) is 16.0 Å². The summed E-state index contributed by atoms with van der Waals surface area (Å²) >= 11 is 1.03. The molecule has 0 spiro atoms. The van der Waals surface area contributed by atoms with Gasteiger partial charge in [-0.2, -0.15) is 13.2 Å². The second-order valence-corrected chi connectivity index (χ2v) is 6.06. The molecule has 0 saturated heterocycles. The first kappa shape index (κ1) is 17.9. The zero-order valence-corrected chi connectivity index (χ0v) is 13.7. The Kier molecular flexibility index (Phi) is 5.23. The third-order valence-electron chi connectivity index (χ3n) is 3.20. The smallest absolute Gasteiger partial charge is 0.455 e. The molecule has 0 amide bonds. The number of allylic oxidation sites excluding steroid dienone is 1. The molecule has 1 heterocycles. The maximum Gasteiger partial charge on any atom is 0.455 e. The number of aryl methyl sites for hydroxylation is 2. The molecular weight excluding hydrogens is 339 g/mol. The number of carbonyl (C=O) groups is 1. The summed E-state index contributed by atoms with van der Waals surface area (Å²) in [5.74, 6) is -2.87. The van der Waals surface area contributed by atoms with Gasteiger partial charge in [-0.1, -0.05) is 23.8 Å². The van der Waals surface area contributed by atoms with E-state index < -0.39 is 23.3 Å². The molecule has 2 rings (SSSR count). The van der Waals surface area contributed by atoms with Gasteiger partial charge in [0, 0.05) is 6.21 Å². The number of rotatable bonds is 4. The summed E-state index contributed by atoms with van der Waals surface area (Å²) in [7, 11) is 0. The highest BCUT2D eigenvalue weighted by molar-refractivity contribution is 7.11. The zero-order valence-electron chi connectivity index (χ0n) is 12.9. The minimum Gasteiger partial charge on any atom is -0.506 e. The number of halogens is 3. The lowest BCUT2D eigenvalue weighted by molar-refractivity contribution is -0.165. The molecule has 0 aliphatic rings. The van der Waals surface area contributed by atoms with Crippen molar-refractivity contribution < 1.29 is 23.1 Å². The van der Waals surface area contributed by atoms with Crippen LogP contribution in [0, 0.1) is 13.8 Å². The van der Waals surface area contributed by atoms with Crippen LogP contribution in [0.2, 0.25) is 0 Å². The van der Waals surface area contributed by atoms with Crippen LogP contribution >= 0.6 is 11.3 Å². The van der Waals surface area contributed by atoms with Gasteiger partial charge in [-0.05, 0) is 36.9 Å². The second-order valence-electron chi connectivity index (χ2n) is 5.11. The number of nitrogens with zero attached hydrogens (tertiary/aromatic N) is 1. The number of aliphatic imine (C=N–C) groups is 1. The Morgan fingerprint density at radius 2 is 1.96 bits per heavy atom. The quantitative estimate of drug-likeness (QED) is 0.468. The molecule has 0 aliphatic carbocycles. The SMILES string of the molecule is Cc1ccc(N=CC(C(=O)C(F)(F)F)=C(O)c2cccs2)c(C)c1. The van der Waals surface area contributed by atoms with E-state index in [1.807, 2.05) is 13.0 Å². The van der Waals surface area contributed by atoms with Crippen molar-refractivity contribution in [2.75, 3.05) is 0 Å². The molecule has 0 saturated carbocycles. The fraction of sp³-hybridized carbons (Fsp3) is 0.176. The molecule has 126 valence electrons. The lowest BCUT2D eigenvalue weighted by atomic mass is 10.1. The van der Waals surface area contributed by atoms with Crippen molar-refractivity contribution in [1.82, 2.24) is 0 Å². The first-order valence-corrected chi connectivity index (χ1v) is 7.78. The summed E-state index contributed by atoms with van der Waals surface area (Å²) in [6.07, 6.45) is -4.34. The number of hydrogen-bond acceptors (Lipinski definition) is 4. The molecule has 1 N–H and O–H groups in total. The van der Waals surface area contributed by atoms with E-state index in [2.05, 4.69) is 4.99 Å². The van der Waals surface area contributed by atoms with Crippen LogP contribution in [0.5, 0.6) is 0 Å². The van der Waals surface area contributed by atoms with E-state index in [1.165, 1.54) is 6.07 Å². The molecule has 0 atom stereocenters. The van der Waals surface area contributed by atoms with Crippen LogP contribution < -0.4 is 0 Å². The van der Waals surface area contributed by atoms with Gasteiger partial charge in [-0.15, -0.1) is 11.3 Å². The molecule has 0 aliphatic heterocycles. The van der Waals surface area contributed by atoms with Gasteiger partial charge in [0.2, 0.25) is 0 Å². The Hall–Kier alpha value is -2.41. The van der Waals surface area contributed by atoms with Crippen LogP contribution in [-0.2, 0) is 4.79 Å². The molecule has 0 radical (unpaired) electrons. The number of aliphatic hydroxyl groups excluding tert-OH is 1. The summed E-state index contributed by atoms with van der Waals surface area (Å²) in [5, 5.41) is 11.7. The minimum absolute atomic E-state index is 0.162. The standard InChI is InChI=1S/C17H14F3NO2S/c1-10-5-6-13(11(2)8-10)21-9-12(16(23)17(18,19)20)15(22)14-4-3-7-24-14/h3-9,22H,1-2H3. The number of hydrogen-bond donors (Lipinski definition) is 1. The average molecular weight is 353 g/mol. The predicted molar refractivity (Wildman–Crippen MR) is 89.0 cm³/mol. The molecule has 0 unspecified atom stereocenters. The molecule has 7 heteroatoms. The van der Waals surface area contributed by atoms with Gasteiger partial charge in [0.05, 0.1) is 16.1 Å². The monoisotopic (exact) mass is 353 g/mol. The predicted octanol–water partition coefficient (Wildman–Crippen LogP) is 5.17. The highest BCUT2D eigenvalue weighted by atomic mass is 32.1. The molecule has 1 aromatic heterocycles. The van der Waals surface area contributed by atoms with Crippen LogP contribution in [-0.4, -0.2) is 23.3 Å². The zero-order chi connectivity index (χ0) is 17.9. The maximum absolute atomic E-state index is 12.8. The van der Waals surface area contributed by atoms with Crippen molar-refractivity contribution in [2.45, 2.75) is 20.0 Å². The lowest BCUT2D eigenvalue weighted by Gasteiger charge is -2.08. The summed E-state index contributed by atoms with van der Waals surface area (Å²) in [4.78, 5) is 15.7. The van der Waals surface area contributed by atoms with Crippen LogP contribution in [0.4, 0.5) is 18.9 Å². The topological polar surface area (TPSA) is 49.7 Å². The number of alkyl halides is 3. The van der Waals surface area contributed by atoms with Gasteiger partial charge >= 0.3 is 6.18 Å². The summed E-state index contributed by atoms with van der Waals surface area (Å²) < 4.78 is 38.4. The van der Waals surface area contributed by atoms with Crippen molar-refractivity contribution in [3.05, 3.63) is 57.3 Å². The summed E-state index contributed by atoms with van der Waals surface area (Å²) in [5.41, 5.74) is 1.27. The highest BCUT2D eigenvalue weighted by Gasteiger charge is 2.41. The first-order valence-electron chi connectivity index (χ1n) is 6.90. The highest BCUT2D eigenvalue weighted by Crippen LogP contribution is 2.28. The summed E-state index contributed by atoms with van der Waals surface area (Å²) in [6, 6.07) is 8.20. The Labute approximate surface area is 140 Å². The fourth-order valence-electron chi connectivity index (χ4n) is 2.01. The van der Waals surface area contributed by atoms with E-state index in [0.717, 1.165) is 28.7 Å². The van der Waals surface area contributed by atoms with Crippen LogP contribution in [0.15, 0.2) is 46.3 Å². The summed E-state index contributed by atoms with van der Waals surface area (Å²) in [6.45, 7) is 3.63. The van der Waals surface area contributed by atoms with Crippen molar-refractivity contribution in [2.24, 2.45) is 4.99 Å². The van der Waals surface area contributed by atoms with Gasteiger partial charge < -0.3 is 5.11 Å². The van der Waals surface area contributed by atoms with E-state index >= 15 is 0 Å². The van der Waals surface area contributed by atoms with E-state index in [9.17, 15) is 23.1 Å². The van der Waals surface area contributed by atoms with E-state index in [-0.39, 0.29) is 4.88 Å². The maximum atomic E-state index is 12.8. The van der Waals surface area contributed by atoms with Crippen LogP contribution in [0.25, 0.3) is 5.76 Å².